The molecule has 0 aromatic carbocycles. The predicted molar refractivity (Wildman–Crippen MR) is 90.6 cm³/mol. The van der Waals surface area contributed by atoms with E-state index in [2.05, 4.69) is 61.7 Å². The minimum Gasteiger partial charge on any atom is -0.314 e. The molecule has 1 aromatic heterocycles. The lowest BCUT2D eigenvalue weighted by atomic mass is 10.3. The van der Waals surface area contributed by atoms with E-state index in [1.165, 1.54) is 29.0 Å². The normalized spacial score (nSPS) is 16.8. The van der Waals surface area contributed by atoms with E-state index >= 15 is 0 Å². The minimum absolute atomic E-state index is 0.930. The summed E-state index contributed by atoms with van der Waals surface area (Å²) in [5.74, 6) is 0. The van der Waals surface area contributed by atoms with E-state index in [1.54, 1.807) is 0 Å². The first kappa shape index (κ1) is 16.9. The molecule has 1 N–H and O–H groups in total. The molecule has 0 bridgehead atoms. The van der Waals surface area contributed by atoms with Crippen molar-refractivity contribution in [1.82, 2.24) is 24.9 Å². The van der Waals surface area contributed by atoms with Gasteiger partial charge in [-0.2, -0.15) is 5.10 Å². The number of aryl methyl sites for hydroxylation is 2. The molecule has 5 nitrogen and oxygen atoms in total. The van der Waals surface area contributed by atoms with Crippen molar-refractivity contribution in [2.45, 2.75) is 33.4 Å². The molecule has 21 heavy (non-hydrogen) atoms. The Bertz CT molecular complexity index is 440. The van der Waals surface area contributed by atoms with E-state index in [9.17, 15) is 0 Å². The smallest absolute Gasteiger partial charge is 0.0767 e. The first-order valence-electron chi connectivity index (χ1n) is 8.01. The summed E-state index contributed by atoms with van der Waals surface area (Å²) in [7, 11) is 2.20. The second kappa shape index (κ2) is 8.27. The summed E-state index contributed by atoms with van der Waals surface area (Å²) in [6.07, 6.45) is 0.977. The lowest BCUT2D eigenvalue weighted by Crippen LogP contribution is -2.45. The third-order valence-corrected chi connectivity index (χ3v) is 5.04. The highest BCUT2D eigenvalue weighted by Gasteiger charge is 2.16. The van der Waals surface area contributed by atoms with Crippen LogP contribution in [-0.2, 0) is 19.5 Å². The van der Waals surface area contributed by atoms with Gasteiger partial charge in [0.25, 0.3) is 0 Å². The van der Waals surface area contributed by atoms with Crippen molar-refractivity contribution in [3.63, 3.8) is 0 Å². The van der Waals surface area contributed by atoms with Crippen LogP contribution in [-0.4, -0.2) is 65.9 Å². The van der Waals surface area contributed by atoms with Gasteiger partial charge in [-0.1, -0.05) is 6.92 Å². The number of hydrogen-bond acceptors (Lipinski definition) is 4. The molecule has 0 atom stereocenters. The molecule has 0 amide bonds. The fraction of sp³-hybridized carbons (Fsp3) is 0.800. The monoisotopic (exact) mass is 357 g/mol. The molecule has 1 aliphatic heterocycles. The Hall–Kier alpha value is -0.430. The van der Waals surface area contributed by atoms with Crippen molar-refractivity contribution in [2.75, 3.05) is 46.3 Å². The van der Waals surface area contributed by atoms with Crippen LogP contribution < -0.4 is 5.32 Å². The number of likely N-dealkylation sites (N-methyl/N-ethyl adjacent to an activating group) is 1. The number of rotatable bonds is 7. The molecule has 0 spiro atoms. The van der Waals surface area contributed by atoms with E-state index in [0.717, 1.165) is 45.7 Å². The Morgan fingerprint density at radius 3 is 2.62 bits per heavy atom. The van der Waals surface area contributed by atoms with Gasteiger partial charge in [-0.05, 0) is 36.3 Å². The van der Waals surface area contributed by atoms with Gasteiger partial charge in [0.2, 0.25) is 0 Å². The summed E-state index contributed by atoms with van der Waals surface area (Å²) in [6, 6.07) is 0. The van der Waals surface area contributed by atoms with Gasteiger partial charge in [-0.3, -0.25) is 14.5 Å². The van der Waals surface area contributed by atoms with Crippen LogP contribution in [0.2, 0.25) is 0 Å². The van der Waals surface area contributed by atoms with Gasteiger partial charge in [0.15, 0.2) is 0 Å². The number of aromatic nitrogens is 2. The van der Waals surface area contributed by atoms with Crippen LogP contribution >= 0.6 is 15.9 Å². The molecule has 2 rings (SSSR count). The van der Waals surface area contributed by atoms with Gasteiger partial charge in [0.05, 0.1) is 15.9 Å². The molecule has 0 saturated carbocycles. The summed E-state index contributed by atoms with van der Waals surface area (Å²) in [5.41, 5.74) is 2.47. The predicted octanol–water partition coefficient (Wildman–Crippen LogP) is 1.56. The lowest BCUT2D eigenvalue weighted by molar-refractivity contribution is 0.200. The van der Waals surface area contributed by atoms with Gasteiger partial charge >= 0.3 is 0 Å². The second-order valence-corrected chi connectivity index (χ2v) is 6.50. The Morgan fingerprint density at radius 2 is 2.00 bits per heavy atom. The van der Waals surface area contributed by atoms with Crippen LogP contribution in [0.15, 0.2) is 4.47 Å². The van der Waals surface area contributed by atoms with Crippen molar-refractivity contribution in [3.8, 4) is 0 Å². The number of nitrogens with one attached hydrogen (secondary N) is 1. The van der Waals surface area contributed by atoms with Crippen molar-refractivity contribution in [3.05, 3.63) is 15.9 Å². The zero-order valence-electron chi connectivity index (χ0n) is 13.5. The highest BCUT2D eigenvalue weighted by Crippen LogP contribution is 2.23. The zero-order chi connectivity index (χ0) is 15.2. The minimum atomic E-state index is 0.930. The Balaban J connectivity index is 1.89. The van der Waals surface area contributed by atoms with Crippen LogP contribution in [0.1, 0.15) is 25.2 Å². The topological polar surface area (TPSA) is 36.3 Å². The SMILES string of the molecule is CCc1nn(CC)c(CN(C)CCN2CCNCC2)c1Br. The molecule has 2 heterocycles. The van der Waals surface area contributed by atoms with E-state index < -0.39 is 0 Å². The third kappa shape index (κ3) is 4.52. The molecule has 0 aliphatic carbocycles. The van der Waals surface area contributed by atoms with Gasteiger partial charge in [0, 0.05) is 52.4 Å². The maximum Gasteiger partial charge on any atom is 0.0767 e. The molecular weight excluding hydrogens is 330 g/mol. The standard InChI is InChI=1S/C15H28BrN5/c1-4-13-15(16)14(21(5-2)18-13)12-19(3)10-11-20-8-6-17-7-9-20/h17H,4-12H2,1-3H3. The number of halogens is 1. The number of piperazine rings is 1. The fourth-order valence-corrected chi connectivity index (χ4v) is 3.44. The highest BCUT2D eigenvalue weighted by molar-refractivity contribution is 9.10. The summed E-state index contributed by atoms with van der Waals surface area (Å²) in [5, 5.41) is 8.08. The molecule has 1 aromatic rings. The summed E-state index contributed by atoms with van der Waals surface area (Å²) >= 11 is 3.73. The largest absolute Gasteiger partial charge is 0.314 e. The van der Waals surface area contributed by atoms with E-state index in [4.69, 9.17) is 0 Å². The average molecular weight is 358 g/mol. The van der Waals surface area contributed by atoms with Gasteiger partial charge in [0.1, 0.15) is 0 Å². The maximum atomic E-state index is 4.67. The van der Waals surface area contributed by atoms with Crippen LogP contribution in [0.3, 0.4) is 0 Å². The summed E-state index contributed by atoms with van der Waals surface area (Å²) in [6.45, 7) is 13.0. The lowest BCUT2D eigenvalue weighted by Gasteiger charge is -2.29. The van der Waals surface area contributed by atoms with Crippen LogP contribution in [0.5, 0.6) is 0 Å². The molecule has 6 heteroatoms. The summed E-state index contributed by atoms with van der Waals surface area (Å²) in [4.78, 5) is 4.94. The van der Waals surface area contributed by atoms with Gasteiger partial charge in [-0.15, -0.1) is 0 Å². The number of hydrogen-bond donors (Lipinski definition) is 1. The maximum absolute atomic E-state index is 4.67. The van der Waals surface area contributed by atoms with Crippen molar-refractivity contribution in [2.24, 2.45) is 0 Å². The second-order valence-electron chi connectivity index (χ2n) is 5.71. The molecule has 1 aliphatic rings. The van der Waals surface area contributed by atoms with Gasteiger partial charge in [-0.25, -0.2) is 0 Å². The van der Waals surface area contributed by atoms with Gasteiger partial charge < -0.3 is 5.32 Å². The fourth-order valence-electron chi connectivity index (χ4n) is 2.75. The van der Waals surface area contributed by atoms with E-state index in [-0.39, 0.29) is 0 Å². The average Bonchev–Trinajstić information content (AvgIpc) is 2.82. The van der Waals surface area contributed by atoms with Crippen molar-refractivity contribution >= 4 is 15.9 Å². The van der Waals surface area contributed by atoms with E-state index in [1.807, 2.05) is 0 Å². The summed E-state index contributed by atoms with van der Waals surface area (Å²) < 4.78 is 3.32. The quantitative estimate of drug-likeness (QED) is 0.803. The van der Waals surface area contributed by atoms with Crippen molar-refractivity contribution < 1.29 is 0 Å². The van der Waals surface area contributed by atoms with Crippen LogP contribution in [0.25, 0.3) is 0 Å². The molecule has 1 fully saturated rings. The first-order chi connectivity index (χ1) is 10.2. The number of nitrogens with zero attached hydrogens (tertiary/aromatic N) is 4. The zero-order valence-corrected chi connectivity index (χ0v) is 15.1. The molecule has 1 saturated heterocycles. The Morgan fingerprint density at radius 1 is 1.29 bits per heavy atom. The molecule has 120 valence electrons. The highest BCUT2D eigenvalue weighted by atomic mass is 79.9. The Kier molecular flexibility index (Phi) is 6.67. The van der Waals surface area contributed by atoms with Crippen LogP contribution in [0, 0.1) is 0 Å². The Labute approximate surface area is 136 Å². The first-order valence-corrected chi connectivity index (χ1v) is 8.80. The molecule has 0 radical (unpaired) electrons. The third-order valence-electron chi connectivity index (χ3n) is 4.12. The van der Waals surface area contributed by atoms with Crippen molar-refractivity contribution in [1.29, 1.82) is 0 Å². The molecular formula is C15H28BrN5. The van der Waals surface area contributed by atoms with E-state index in [0.29, 0.717) is 0 Å². The van der Waals surface area contributed by atoms with Crippen LogP contribution in [0.4, 0.5) is 0 Å². The molecule has 0 unspecified atom stereocenters.